The Morgan fingerprint density at radius 2 is 1.54 bits per heavy atom. The summed E-state index contributed by atoms with van der Waals surface area (Å²) in [4.78, 5) is 12.8. The Morgan fingerprint density at radius 3 is 2.20 bits per heavy atom. The largest absolute Gasteiger partial charge is 1.00 e. The lowest BCUT2D eigenvalue weighted by atomic mass is 10.1. The van der Waals surface area contributed by atoms with Gasteiger partial charge in [-0.05, 0) is 24.6 Å². The zero-order valence-corrected chi connectivity index (χ0v) is 27.1. The average Bonchev–Trinajstić information content (AvgIpc) is 3.49. The van der Waals surface area contributed by atoms with E-state index >= 15 is 0 Å². The minimum Gasteiger partial charge on any atom is -1.00 e. The fourth-order valence-corrected chi connectivity index (χ4v) is 5.23. The molecule has 41 heavy (non-hydrogen) atoms. The molecule has 0 aliphatic carbocycles. The van der Waals surface area contributed by atoms with Gasteiger partial charge in [0.05, 0.1) is 24.8 Å². The number of carbonyl (C=O) groups is 1. The van der Waals surface area contributed by atoms with Gasteiger partial charge in [-0.15, -0.1) is 0 Å². The van der Waals surface area contributed by atoms with E-state index in [0.717, 1.165) is 24.1 Å². The first kappa shape index (κ1) is 34.6. The van der Waals surface area contributed by atoms with Gasteiger partial charge in [0.25, 0.3) is 5.91 Å². The molecule has 0 fully saturated rings. The molecule has 0 unspecified atom stereocenters. The van der Waals surface area contributed by atoms with Gasteiger partial charge < -0.3 is 36.5 Å². The number of aromatic nitrogens is 1. The molecule has 3 aromatic rings. The van der Waals surface area contributed by atoms with Gasteiger partial charge in [-0.1, -0.05) is 107 Å². The molecule has 0 atom stereocenters. The summed E-state index contributed by atoms with van der Waals surface area (Å²) >= 11 is 1.64. The maximum atomic E-state index is 12.8. The highest BCUT2D eigenvalue weighted by molar-refractivity contribution is 7.07. The van der Waals surface area contributed by atoms with Crippen molar-refractivity contribution in [3.05, 3.63) is 65.1 Å². The number of carbonyl (C=O) groups excluding carboxylic acids is 1. The Morgan fingerprint density at radius 1 is 0.854 bits per heavy atom. The van der Waals surface area contributed by atoms with Gasteiger partial charge in [-0.2, -0.15) is 4.57 Å². The van der Waals surface area contributed by atoms with E-state index in [1.54, 1.807) is 24.5 Å². The third kappa shape index (κ3) is 13.8. The molecule has 0 aliphatic rings. The average molecular weight is 648 g/mol. The van der Waals surface area contributed by atoms with Crippen LogP contribution in [-0.2, 0) is 11.3 Å². The number of rotatable bonds is 21. The number of unbranched alkanes of at least 4 members (excludes halogenated alkanes) is 11. The number of ether oxygens (including phenoxy) is 3. The molecule has 1 aromatic heterocycles. The Bertz CT molecular complexity index is 1110. The van der Waals surface area contributed by atoms with Crippen molar-refractivity contribution < 1.29 is 40.6 Å². The molecular weight excluding hydrogens is 600 g/mol. The molecule has 6 nitrogen and oxygen atoms in total. The maximum Gasteiger partial charge on any atom is 0.262 e. The molecule has 0 aliphatic heterocycles. The molecule has 2 aromatic carbocycles. The van der Waals surface area contributed by atoms with Crippen LogP contribution in [0.15, 0.2) is 59.6 Å². The highest BCUT2D eigenvalue weighted by Crippen LogP contribution is 2.32. The van der Waals surface area contributed by atoms with E-state index in [1.807, 2.05) is 53.5 Å². The number of hydrogen-bond acceptors (Lipinski definition) is 5. The normalized spacial score (nSPS) is 10.6. The number of nitrogens with zero attached hydrogens (tertiary/aromatic N) is 1. The number of nitrogens with one attached hydrogen (secondary N) is 1. The van der Waals surface area contributed by atoms with Gasteiger partial charge in [0.1, 0.15) is 5.75 Å². The maximum absolute atomic E-state index is 12.8. The van der Waals surface area contributed by atoms with Gasteiger partial charge in [-0.3, -0.25) is 4.79 Å². The second kappa shape index (κ2) is 21.2. The second-order valence-electron chi connectivity index (χ2n) is 10.2. The summed E-state index contributed by atoms with van der Waals surface area (Å²) < 4.78 is 19.4. The summed E-state index contributed by atoms with van der Waals surface area (Å²) in [6, 6.07) is 13.3. The molecule has 8 heteroatoms. The lowest BCUT2D eigenvalue weighted by molar-refractivity contribution is -0.683. The topological polar surface area (TPSA) is 60.7 Å². The number of amides is 1. The quantitative estimate of drug-likeness (QED) is 0.128. The van der Waals surface area contributed by atoms with Crippen molar-refractivity contribution in [1.29, 1.82) is 0 Å². The lowest BCUT2D eigenvalue weighted by Gasteiger charge is -2.14. The van der Waals surface area contributed by atoms with Crippen LogP contribution in [0.4, 0.5) is 5.69 Å². The van der Waals surface area contributed by atoms with Crippen LogP contribution < -0.4 is 41.1 Å². The second-order valence-corrected chi connectivity index (χ2v) is 11.0. The standard InChI is InChI=1S/C33H46N2O4S.BrH/c1-3-4-5-6-7-8-9-10-11-12-13-16-22-38-32-24-29(37-2)19-20-31(32)39-26-33(36)34-30-18-15-14-17-28(30)25-35-21-23-40-27-35;/h14-15,17-21,23-24,27H,3-13,16,22,25-26H2,1-2H3;1H. The smallest absolute Gasteiger partial charge is 0.262 e. The molecular formula is C33H47BrN2O4S. The van der Waals surface area contributed by atoms with Gasteiger partial charge >= 0.3 is 0 Å². The van der Waals surface area contributed by atoms with Crippen LogP contribution in [0.2, 0.25) is 0 Å². The van der Waals surface area contributed by atoms with E-state index in [4.69, 9.17) is 14.2 Å². The third-order valence-electron chi connectivity index (χ3n) is 6.94. The molecule has 0 saturated heterocycles. The molecule has 0 radical (unpaired) electrons. The molecule has 1 heterocycles. The summed E-state index contributed by atoms with van der Waals surface area (Å²) in [6.45, 7) is 3.46. The molecule has 1 N–H and O–H groups in total. The number of para-hydroxylation sites is 1. The SMILES string of the molecule is CCCCCCCCCCCCCCOc1cc(OC)ccc1OCC(=O)Nc1ccccc1C[n+]1ccsc1.[Br-]. The molecule has 0 bridgehead atoms. The fraction of sp³-hybridized carbons (Fsp3) is 0.515. The van der Waals surface area contributed by atoms with E-state index in [-0.39, 0.29) is 29.5 Å². The number of benzene rings is 2. The monoisotopic (exact) mass is 646 g/mol. The summed E-state index contributed by atoms with van der Waals surface area (Å²) in [5.41, 5.74) is 3.87. The van der Waals surface area contributed by atoms with Crippen LogP contribution in [0.1, 0.15) is 89.5 Å². The van der Waals surface area contributed by atoms with E-state index in [0.29, 0.717) is 30.4 Å². The summed E-state index contributed by atoms with van der Waals surface area (Å²) in [5.74, 6) is 1.62. The van der Waals surface area contributed by atoms with Crippen molar-refractivity contribution >= 4 is 22.9 Å². The highest BCUT2D eigenvalue weighted by atomic mass is 79.9. The first-order valence-corrected chi connectivity index (χ1v) is 15.9. The Kier molecular flexibility index (Phi) is 17.9. The third-order valence-corrected chi connectivity index (χ3v) is 7.61. The van der Waals surface area contributed by atoms with Crippen LogP contribution >= 0.6 is 11.3 Å². The van der Waals surface area contributed by atoms with Gasteiger partial charge in [0, 0.05) is 11.6 Å². The van der Waals surface area contributed by atoms with Crippen LogP contribution in [0.3, 0.4) is 0 Å². The van der Waals surface area contributed by atoms with Crippen LogP contribution in [0, 0.1) is 0 Å². The molecule has 0 spiro atoms. The zero-order chi connectivity index (χ0) is 28.3. The first-order valence-electron chi connectivity index (χ1n) is 14.9. The summed E-state index contributed by atoms with van der Waals surface area (Å²) in [6.07, 6.45) is 17.7. The van der Waals surface area contributed by atoms with E-state index in [1.165, 1.54) is 64.2 Å². The van der Waals surface area contributed by atoms with Crippen molar-refractivity contribution in [3.63, 3.8) is 0 Å². The van der Waals surface area contributed by atoms with Gasteiger partial charge in [0.2, 0.25) is 5.51 Å². The van der Waals surface area contributed by atoms with Crippen molar-refractivity contribution in [2.45, 2.75) is 90.5 Å². The first-order chi connectivity index (χ1) is 19.7. The Balaban J connectivity index is 0.00000588. The number of thiazole rings is 1. The van der Waals surface area contributed by atoms with Gasteiger partial charge in [-0.25, -0.2) is 0 Å². The fourth-order valence-electron chi connectivity index (χ4n) is 4.63. The predicted molar refractivity (Wildman–Crippen MR) is 164 cm³/mol. The van der Waals surface area contributed by atoms with Crippen molar-refractivity contribution in [2.75, 3.05) is 25.6 Å². The van der Waals surface area contributed by atoms with Crippen molar-refractivity contribution in [3.8, 4) is 17.2 Å². The summed E-state index contributed by atoms with van der Waals surface area (Å²) in [7, 11) is 1.63. The van der Waals surface area contributed by atoms with E-state index in [9.17, 15) is 4.79 Å². The van der Waals surface area contributed by atoms with Crippen molar-refractivity contribution in [2.24, 2.45) is 0 Å². The number of anilines is 1. The van der Waals surface area contributed by atoms with E-state index in [2.05, 4.69) is 16.8 Å². The Hall–Kier alpha value is -2.58. The minimum absolute atomic E-state index is 0. The lowest BCUT2D eigenvalue weighted by Crippen LogP contribution is -3.00. The van der Waals surface area contributed by atoms with Crippen molar-refractivity contribution in [1.82, 2.24) is 0 Å². The number of halogens is 1. The van der Waals surface area contributed by atoms with Crippen LogP contribution in [0.5, 0.6) is 17.2 Å². The summed E-state index contributed by atoms with van der Waals surface area (Å²) in [5, 5.41) is 5.02. The van der Waals surface area contributed by atoms with Gasteiger partial charge in [0.15, 0.2) is 30.8 Å². The predicted octanol–water partition coefficient (Wildman–Crippen LogP) is 5.19. The zero-order valence-electron chi connectivity index (χ0n) is 24.7. The number of hydrogen-bond donors (Lipinski definition) is 1. The van der Waals surface area contributed by atoms with E-state index < -0.39 is 0 Å². The molecule has 3 rings (SSSR count). The Labute approximate surface area is 261 Å². The minimum atomic E-state index is -0.217. The number of methoxy groups -OCH3 is 1. The molecule has 226 valence electrons. The van der Waals surface area contributed by atoms with Crippen LogP contribution in [0.25, 0.3) is 0 Å². The van der Waals surface area contributed by atoms with Crippen LogP contribution in [-0.4, -0.2) is 26.2 Å². The molecule has 1 amide bonds. The highest BCUT2D eigenvalue weighted by Gasteiger charge is 2.13. The molecule has 0 saturated carbocycles.